The van der Waals surface area contributed by atoms with E-state index < -0.39 is 10.0 Å². The van der Waals surface area contributed by atoms with Gasteiger partial charge in [-0.25, -0.2) is 13.1 Å². The average Bonchev–Trinajstić information content (AvgIpc) is 2.42. The molecule has 0 aliphatic heterocycles. The third kappa shape index (κ3) is 6.50. The molecule has 0 aromatic heterocycles. The molecule has 0 radical (unpaired) electrons. The van der Waals surface area contributed by atoms with Crippen LogP contribution >= 0.6 is 0 Å². The Morgan fingerprint density at radius 3 is 2.24 bits per heavy atom. The first kappa shape index (κ1) is 17.3. The fourth-order valence-electron chi connectivity index (χ4n) is 1.57. The van der Waals surface area contributed by atoms with Crippen LogP contribution in [0.4, 0.5) is 0 Å². The van der Waals surface area contributed by atoms with Crippen molar-refractivity contribution in [2.24, 2.45) is 0 Å². The van der Waals surface area contributed by atoms with Gasteiger partial charge in [0, 0.05) is 25.9 Å². The minimum absolute atomic E-state index is 0.0507. The smallest absolute Gasteiger partial charge is 0.240 e. The van der Waals surface area contributed by atoms with E-state index in [9.17, 15) is 18.0 Å². The zero-order chi connectivity index (χ0) is 15.9. The molecule has 0 saturated carbocycles. The van der Waals surface area contributed by atoms with Gasteiger partial charge in [0.05, 0.1) is 4.90 Å². The van der Waals surface area contributed by atoms with Gasteiger partial charge in [-0.05, 0) is 26.0 Å². The van der Waals surface area contributed by atoms with Gasteiger partial charge in [0.2, 0.25) is 15.9 Å². The highest BCUT2D eigenvalue weighted by molar-refractivity contribution is 7.89. The predicted octanol–water partition coefficient (Wildman–Crippen LogP) is 0.759. The van der Waals surface area contributed by atoms with Crippen LogP contribution in [0.5, 0.6) is 0 Å². The lowest BCUT2D eigenvalue weighted by molar-refractivity contribution is -0.124. The lowest BCUT2D eigenvalue weighted by Crippen LogP contribution is -2.34. The van der Waals surface area contributed by atoms with Crippen molar-refractivity contribution >= 4 is 21.7 Å². The van der Waals surface area contributed by atoms with Crippen LogP contribution in [0.2, 0.25) is 0 Å². The van der Waals surface area contributed by atoms with Gasteiger partial charge in [0.25, 0.3) is 0 Å². The Hall–Kier alpha value is -1.73. The Labute approximate surface area is 125 Å². The van der Waals surface area contributed by atoms with E-state index in [1.165, 1.54) is 19.1 Å². The normalized spacial score (nSPS) is 11.1. The Bertz CT molecular complexity index is 594. The molecule has 1 amide bonds. The molecule has 0 unspecified atom stereocenters. The molecule has 116 valence electrons. The average molecular weight is 312 g/mol. The number of hydrogen-bond acceptors (Lipinski definition) is 4. The van der Waals surface area contributed by atoms with Crippen LogP contribution in [0.25, 0.3) is 0 Å². The van der Waals surface area contributed by atoms with Crippen LogP contribution in [-0.2, 0) is 19.6 Å². The molecule has 0 heterocycles. The summed E-state index contributed by atoms with van der Waals surface area (Å²) < 4.78 is 26.3. The number of rotatable bonds is 8. The van der Waals surface area contributed by atoms with E-state index in [2.05, 4.69) is 10.0 Å². The first-order valence-corrected chi connectivity index (χ1v) is 8.12. The summed E-state index contributed by atoms with van der Waals surface area (Å²) in [5.74, 6) is -0.315. The second kappa shape index (κ2) is 7.90. The van der Waals surface area contributed by atoms with Gasteiger partial charge < -0.3 is 10.1 Å². The van der Waals surface area contributed by atoms with E-state index in [0.29, 0.717) is 0 Å². The lowest BCUT2D eigenvalue weighted by atomic mass is 10.2. The van der Waals surface area contributed by atoms with Crippen LogP contribution < -0.4 is 10.0 Å². The fourth-order valence-corrected chi connectivity index (χ4v) is 2.60. The molecule has 0 aliphatic rings. The molecule has 6 nitrogen and oxygen atoms in total. The van der Waals surface area contributed by atoms with E-state index in [4.69, 9.17) is 0 Å². The van der Waals surface area contributed by atoms with Crippen molar-refractivity contribution in [3.63, 3.8) is 0 Å². The Balaban J connectivity index is 2.36. The molecule has 0 saturated heterocycles. The van der Waals surface area contributed by atoms with E-state index >= 15 is 0 Å². The molecule has 0 spiro atoms. The van der Waals surface area contributed by atoms with E-state index in [1.807, 2.05) is 6.92 Å². The van der Waals surface area contributed by atoms with Crippen LogP contribution in [0.3, 0.4) is 0 Å². The number of nitrogens with one attached hydrogen (secondary N) is 2. The third-order valence-electron chi connectivity index (χ3n) is 2.77. The number of amides is 1. The van der Waals surface area contributed by atoms with Crippen molar-refractivity contribution in [3.05, 3.63) is 29.8 Å². The van der Waals surface area contributed by atoms with Gasteiger partial charge >= 0.3 is 0 Å². The number of aryl methyl sites for hydroxylation is 1. The number of carbonyl (C=O) groups is 2. The maximum Gasteiger partial charge on any atom is 0.240 e. The molecule has 0 atom stereocenters. The van der Waals surface area contributed by atoms with Crippen LogP contribution in [-0.4, -0.2) is 33.2 Å². The van der Waals surface area contributed by atoms with E-state index in [0.717, 1.165) is 5.56 Å². The number of sulfonamides is 1. The summed E-state index contributed by atoms with van der Waals surface area (Å²) in [7, 11) is -3.56. The summed E-state index contributed by atoms with van der Waals surface area (Å²) in [6.45, 7) is 3.58. The number of carbonyl (C=O) groups excluding carboxylic acids is 2. The van der Waals surface area contributed by atoms with Crippen LogP contribution in [0.15, 0.2) is 29.2 Å². The van der Waals surface area contributed by atoms with Gasteiger partial charge in [-0.3, -0.25) is 4.79 Å². The monoisotopic (exact) mass is 312 g/mol. The van der Waals surface area contributed by atoms with Gasteiger partial charge in [-0.15, -0.1) is 0 Å². The van der Waals surface area contributed by atoms with Crippen molar-refractivity contribution in [1.29, 1.82) is 0 Å². The van der Waals surface area contributed by atoms with Crippen molar-refractivity contribution < 1.29 is 18.0 Å². The summed E-state index contributed by atoms with van der Waals surface area (Å²) in [6, 6.07) is 6.50. The SMILES string of the molecule is CC(=O)CCC(=O)NCCNS(=O)(=O)c1ccc(C)cc1. The zero-order valence-corrected chi connectivity index (χ0v) is 13.0. The largest absolute Gasteiger partial charge is 0.355 e. The van der Waals surface area contributed by atoms with Crippen molar-refractivity contribution in [3.8, 4) is 0 Å². The fraction of sp³-hybridized carbons (Fsp3) is 0.429. The maximum atomic E-state index is 11.9. The standard InChI is InChI=1S/C14H20N2O4S/c1-11-3-6-13(7-4-11)21(19,20)16-10-9-15-14(18)8-5-12(2)17/h3-4,6-7,16H,5,8-10H2,1-2H3,(H,15,18). The Morgan fingerprint density at radius 1 is 1.05 bits per heavy atom. The molecule has 0 fully saturated rings. The molecule has 1 aromatic carbocycles. The number of Topliss-reactive ketones (excluding diaryl/α,β-unsaturated/α-hetero) is 1. The highest BCUT2D eigenvalue weighted by atomic mass is 32.2. The molecule has 2 N–H and O–H groups in total. The molecule has 7 heteroatoms. The highest BCUT2D eigenvalue weighted by Gasteiger charge is 2.12. The Kier molecular flexibility index (Phi) is 6.51. The van der Waals surface area contributed by atoms with Crippen molar-refractivity contribution in [2.75, 3.05) is 13.1 Å². The predicted molar refractivity (Wildman–Crippen MR) is 79.3 cm³/mol. The summed E-state index contributed by atoms with van der Waals surface area (Å²) in [6.07, 6.45) is 0.320. The molecule has 1 aromatic rings. The highest BCUT2D eigenvalue weighted by Crippen LogP contribution is 2.09. The van der Waals surface area contributed by atoms with Crippen molar-refractivity contribution in [1.82, 2.24) is 10.0 Å². The molecule has 21 heavy (non-hydrogen) atoms. The van der Waals surface area contributed by atoms with Gasteiger partial charge in [-0.1, -0.05) is 17.7 Å². The van der Waals surface area contributed by atoms with E-state index in [-0.39, 0.29) is 42.5 Å². The minimum Gasteiger partial charge on any atom is -0.355 e. The second-order valence-corrected chi connectivity index (χ2v) is 6.53. The van der Waals surface area contributed by atoms with Crippen molar-refractivity contribution in [2.45, 2.75) is 31.6 Å². The summed E-state index contributed by atoms with van der Waals surface area (Å²) in [5.41, 5.74) is 0.978. The number of benzene rings is 1. The lowest BCUT2D eigenvalue weighted by Gasteiger charge is -2.08. The maximum absolute atomic E-state index is 11.9. The quantitative estimate of drug-likeness (QED) is 0.693. The van der Waals surface area contributed by atoms with Gasteiger partial charge in [-0.2, -0.15) is 0 Å². The summed E-state index contributed by atoms with van der Waals surface area (Å²) in [5, 5.41) is 2.55. The third-order valence-corrected chi connectivity index (χ3v) is 4.25. The van der Waals surface area contributed by atoms with E-state index in [1.54, 1.807) is 12.1 Å². The first-order valence-electron chi connectivity index (χ1n) is 6.64. The zero-order valence-electron chi connectivity index (χ0n) is 12.2. The molecular formula is C14H20N2O4S. The Morgan fingerprint density at radius 2 is 1.67 bits per heavy atom. The van der Waals surface area contributed by atoms with Gasteiger partial charge in [0.1, 0.15) is 5.78 Å². The molecular weight excluding hydrogens is 292 g/mol. The topological polar surface area (TPSA) is 92.3 Å². The summed E-state index contributed by atoms with van der Waals surface area (Å²) in [4.78, 5) is 22.2. The molecule has 0 bridgehead atoms. The molecule has 0 aliphatic carbocycles. The number of ketones is 1. The van der Waals surface area contributed by atoms with Crippen LogP contribution in [0, 0.1) is 6.92 Å². The minimum atomic E-state index is -3.56. The summed E-state index contributed by atoms with van der Waals surface area (Å²) >= 11 is 0. The van der Waals surface area contributed by atoms with Gasteiger partial charge in [0.15, 0.2) is 0 Å². The first-order chi connectivity index (χ1) is 9.81. The second-order valence-electron chi connectivity index (χ2n) is 4.76. The molecule has 1 rings (SSSR count). The number of hydrogen-bond donors (Lipinski definition) is 2. The van der Waals surface area contributed by atoms with Crippen LogP contribution in [0.1, 0.15) is 25.3 Å².